The van der Waals surface area contributed by atoms with E-state index < -0.39 is 20.7 Å². The van der Waals surface area contributed by atoms with Gasteiger partial charge in [-0.1, -0.05) is 42.5 Å². The Labute approximate surface area is 149 Å². The molecule has 2 N–H and O–H groups in total. The molecule has 0 fully saturated rings. The summed E-state index contributed by atoms with van der Waals surface area (Å²) in [6.07, 6.45) is 0. The molecule has 0 unspecified atom stereocenters. The van der Waals surface area contributed by atoms with Gasteiger partial charge in [-0.2, -0.15) is 5.10 Å². The minimum absolute atomic E-state index is 0.333. The molecule has 3 aromatic carbocycles. The van der Waals surface area contributed by atoms with Crippen LogP contribution in [0.2, 0.25) is 0 Å². The van der Waals surface area contributed by atoms with Crippen LogP contribution in [0.1, 0.15) is 0 Å². The van der Waals surface area contributed by atoms with E-state index in [0.29, 0.717) is 11.4 Å². The zero-order valence-corrected chi connectivity index (χ0v) is 14.3. The third kappa shape index (κ3) is 2.93. The van der Waals surface area contributed by atoms with Crippen molar-refractivity contribution in [1.82, 2.24) is 10.2 Å². The lowest BCUT2D eigenvalue weighted by molar-refractivity contribution is 0.570. The summed E-state index contributed by atoms with van der Waals surface area (Å²) in [5, 5.41) is 8.01. The second-order valence-corrected chi connectivity index (χ2v) is 7.39. The normalized spacial score (nSPS) is 11.6. The highest BCUT2D eigenvalue weighted by molar-refractivity contribution is 7.92. The second-order valence-electron chi connectivity index (χ2n) is 5.73. The molecule has 7 heteroatoms. The van der Waals surface area contributed by atoms with Crippen LogP contribution in [0.4, 0.5) is 10.1 Å². The molecule has 1 heterocycles. The van der Waals surface area contributed by atoms with Gasteiger partial charge in [0.25, 0.3) is 10.0 Å². The molecule has 1 aromatic heterocycles. The smallest absolute Gasteiger partial charge is 0.264 e. The first-order chi connectivity index (χ1) is 12.5. The summed E-state index contributed by atoms with van der Waals surface area (Å²) < 4.78 is 41.2. The number of rotatable bonds is 4. The standard InChI is InChI=1S/C19H14FN3O2S/c20-16-8-4-5-9-18(16)26(24,25)23-14-10-11-17-15(12-14)19(22-21-17)13-6-2-1-3-7-13/h1-12,23H,(H,21,22). The van der Waals surface area contributed by atoms with Gasteiger partial charge in [0.2, 0.25) is 0 Å². The van der Waals surface area contributed by atoms with Crippen LogP contribution in [-0.4, -0.2) is 18.6 Å². The monoisotopic (exact) mass is 367 g/mol. The number of sulfonamides is 1. The lowest BCUT2D eigenvalue weighted by atomic mass is 10.1. The molecule has 26 heavy (non-hydrogen) atoms. The fourth-order valence-electron chi connectivity index (χ4n) is 2.77. The van der Waals surface area contributed by atoms with E-state index in [4.69, 9.17) is 0 Å². The Morgan fingerprint density at radius 2 is 1.65 bits per heavy atom. The van der Waals surface area contributed by atoms with Gasteiger partial charge in [0, 0.05) is 16.6 Å². The minimum Gasteiger partial charge on any atom is -0.280 e. The number of nitrogens with one attached hydrogen (secondary N) is 2. The van der Waals surface area contributed by atoms with Crippen molar-refractivity contribution in [1.29, 1.82) is 0 Å². The number of halogens is 1. The van der Waals surface area contributed by atoms with Gasteiger partial charge >= 0.3 is 0 Å². The van der Waals surface area contributed by atoms with Crippen molar-refractivity contribution in [3.63, 3.8) is 0 Å². The van der Waals surface area contributed by atoms with Gasteiger partial charge < -0.3 is 0 Å². The van der Waals surface area contributed by atoms with Crippen LogP contribution in [0.5, 0.6) is 0 Å². The van der Waals surface area contributed by atoms with Gasteiger partial charge in [-0.15, -0.1) is 0 Å². The highest BCUT2D eigenvalue weighted by Crippen LogP contribution is 2.29. The topological polar surface area (TPSA) is 74.8 Å². The average molecular weight is 367 g/mol. The van der Waals surface area contributed by atoms with E-state index in [2.05, 4.69) is 14.9 Å². The van der Waals surface area contributed by atoms with Gasteiger partial charge in [0.15, 0.2) is 0 Å². The van der Waals surface area contributed by atoms with Gasteiger partial charge in [-0.3, -0.25) is 9.82 Å². The van der Waals surface area contributed by atoms with Crippen LogP contribution < -0.4 is 4.72 Å². The number of fused-ring (bicyclic) bond motifs is 1. The van der Waals surface area contributed by atoms with Crippen molar-refractivity contribution in [3.05, 3.63) is 78.6 Å². The molecule has 0 radical (unpaired) electrons. The first kappa shape index (κ1) is 16.3. The van der Waals surface area contributed by atoms with Crippen LogP contribution >= 0.6 is 0 Å². The molecule has 0 spiro atoms. The van der Waals surface area contributed by atoms with Crippen LogP contribution in [0.3, 0.4) is 0 Å². The Bertz CT molecular complexity index is 1190. The largest absolute Gasteiger partial charge is 0.280 e. The molecule has 0 aliphatic heterocycles. The quantitative estimate of drug-likeness (QED) is 0.568. The molecule has 0 amide bonds. The van der Waals surface area contributed by atoms with E-state index >= 15 is 0 Å². The number of hydrogen-bond donors (Lipinski definition) is 2. The summed E-state index contributed by atoms with van der Waals surface area (Å²) in [5.41, 5.74) is 2.73. The summed E-state index contributed by atoms with van der Waals surface area (Å²) in [5.74, 6) is -0.797. The third-order valence-electron chi connectivity index (χ3n) is 3.99. The van der Waals surface area contributed by atoms with Crippen molar-refractivity contribution in [2.75, 3.05) is 4.72 Å². The number of hydrogen-bond acceptors (Lipinski definition) is 3. The molecule has 0 aliphatic carbocycles. The SMILES string of the molecule is O=S(=O)(Nc1ccc2[nH]nc(-c3ccccc3)c2c1)c1ccccc1F. The summed E-state index contributed by atoms with van der Waals surface area (Å²) in [7, 11) is -4.03. The van der Waals surface area contributed by atoms with E-state index in [1.807, 2.05) is 30.3 Å². The Morgan fingerprint density at radius 1 is 0.923 bits per heavy atom. The number of aromatic amines is 1. The Balaban J connectivity index is 1.75. The van der Waals surface area contributed by atoms with Gasteiger partial charge in [0.1, 0.15) is 10.7 Å². The van der Waals surface area contributed by atoms with Crippen molar-refractivity contribution in [3.8, 4) is 11.3 Å². The molecular formula is C19H14FN3O2S. The molecule has 4 aromatic rings. The number of nitrogens with zero attached hydrogens (tertiary/aromatic N) is 1. The predicted octanol–water partition coefficient (Wildman–Crippen LogP) is 4.17. The van der Waals surface area contributed by atoms with E-state index in [-0.39, 0.29) is 0 Å². The number of aromatic nitrogens is 2. The lowest BCUT2D eigenvalue weighted by Gasteiger charge is -2.09. The van der Waals surface area contributed by atoms with Crippen molar-refractivity contribution in [2.45, 2.75) is 4.90 Å². The van der Waals surface area contributed by atoms with Crippen molar-refractivity contribution in [2.24, 2.45) is 0 Å². The Hall–Kier alpha value is -3.19. The lowest BCUT2D eigenvalue weighted by Crippen LogP contribution is -2.14. The minimum atomic E-state index is -4.03. The number of H-pyrrole nitrogens is 1. The third-order valence-corrected chi connectivity index (χ3v) is 5.40. The maximum atomic E-state index is 13.8. The van der Waals surface area contributed by atoms with Crippen LogP contribution in [0.25, 0.3) is 22.2 Å². The van der Waals surface area contributed by atoms with Crippen molar-refractivity contribution < 1.29 is 12.8 Å². The van der Waals surface area contributed by atoms with E-state index in [0.717, 1.165) is 22.5 Å². The first-order valence-electron chi connectivity index (χ1n) is 7.85. The van der Waals surface area contributed by atoms with Crippen molar-refractivity contribution >= 4 is 26.6 Å². The second kappa shape index (κ2) is 6.27. The van der Waals surface area contributed by atoms with Crippen LogP contribution in [0.15, 0.2) is 77.7 Å². The zero-order chi connectivity index (χ0) is 18.1. The predicted molar refractivity (Wildman–Crippen MR) is 98.7 cm³/mol. The van der Waals surface area contributed by atoms with E-state index in [9.17, 15) is 12.8 Å². The molecule has 0 bridgehead atoms. The van der Waals surface area contributed by atoms with Gasteiger partial charge in [-0.25, -0.2) is 12.8 Å². The van der Waals surface area contributed by atoms with Crippen LogP contribution in [0, 0.1) is 5.82 Å². The average Bonchev–Trinajstić information content (AvgIpc) is 3.05. The molecule has 0 saturated heterocycles. The summed E-state index contributed by atoms with van der Waals surface area (Å²) in [4.78, 5) is -0.393. The summed E-state index contributed by atoms with van der Waals surface area (Å²) >= 11 is 0. The molecule has 130 valence electrons. The summed E-state index contributed by atoms with van der Waals surface area (Å²) in [6, 6.07) is 19.8. The Morgan fingerprint density at radius 3 is 2.42 bits per heavy atom. The highest BCUT2D eigenvalue weighted by Gasteiger charge is 2.19. The van der Waals surface area contributed by atoms with E-state index in [1.165, 1.54) is 18.2 Å². The molecular weight excluding hydrogens is 353 g/mol. The molecule has 0 atom stereocenters. The maximum absolute atomic E-state index is 13.8. The van der Waals surface area contributed by atoms with Crippen LogP contribution in [-0.2, 0) is 10.0 Å². The molecule has 5 nitrogen and oxygen atoms in total. The molecule has 0 aliphatic rings. The van der Waals surface area contributed by atoms with Gasteiger partial charge in [-0.05, 0) is 30.3 Å². The highest BCUT2D eigenvalue weighted by atomic mass is 32.2. The first-order valence-corrected chi connectivity index (χ1v) is 9.34. The fraction of sp³-hybridized carbons (Fsp3) is 0. The Kier molecular flexibility index (Phi) is 3.93. The van der Waals surface area contributed by atoms with E-state index in [1.54, 1.807) is 18.2 Å². The number of benzene rings is 3. The number of anilines is 1. The fourth-order valence-corrected chi connectivity index (χ4v) is 3.90. The summed E-state index contributed by atoms with van der Waals surface area (Å²) in [6.45, 7) is 0. The zero-order valence-electron chi connectivity index (χ0n) is 13.5. The molecule has 4 rings (SSSR count). The molecule has 0 saturated carbocycles. The maximum Gasteiger partial charge on any atom is 0.264 e. The van der Waals surface area contributed by atoms with Gasteiger partial charge in [0.05, 0.1) is 11.2 Å².